The smallest absolute Gasteiger partial charge is 0.355 e. The molecule has 0 bridgehead atoms. The number of hydrogen-bond acceptors (Lipinski definition) is 6. The van der Waals surface area contributed by atoms with Gasteiger partial charge in [0, 0.05) is 22.8 Å². The summed E-state index contributed by atoms with van der Waals surface area (Å²) in [5.74, 6) is -0.641. The van der Waals surface area contributed by atoms with Crippen LogP contribution in [0.5, 0.6) is 0 Å². The van der Waals surface area contributed by atoms with Gasteiger partial charge in [-0.1, -0.05) is 29.4 Å². The van der Waals surface area contributed by atoms with Gasteiger partial charge < -0.3 is 9.72 Å². The third kappa shape index (κ3) is 4.60. The number of H-pyrrole nitrogens is 1. The molecule has 0 aliphatic heterocycles. The number of carbonyl (C=O) groups excluding carboxylic acids is 2. The van der Waals surface area contributed by atoms with Gasteiger partial charge in [0.15, 0.2) is 10.9 Å². The molecule has 0 aliphatic carbocycles. The van der Waals surface area contributed by atoms with Crippen LogP contribution < -0.4 is 5.56 Å². The van der Waals surface area contributed by atoms with Gasteiger partial charge in [-0.15, -0.1) is 6.58 Å². The molecule has 3 rings (SSSR count). The fraction of sp³-hybridized carbons (Fsp3) is 0.273. The van der Waals surface area contributed by atoms with E-state index in [1.165, 1.54) is 4.57 Å². The normalized spacial score (nSPS) is 11.0. The molecule has 0 unspecified atom stereocenters. The van der Waals surface area contributed by atoms with E-state index in [1.54, 1.807) is 45.0 Å². The number of thioether (sulfide) groups is 1. The van der Waals surface area contributed by atoms with Gasteiger partial charge in [-0.2, -0.15) is 0 Å². The van der Waals surface area contributed by atoms with Crippen molar-refractivity contribution >= 4 is 46.0 Å². The zero-order valence-corrected chi connectivity index (χ0v) is 19.0. The zero-order chi connectivity index (χ0) is 22.7. The average Bonchev–Trinajstić information content (AvgIpc) is 3.02. The third-order valence-electron chi connectivity index (χ3n) is 4.72. The van der Waals surface area contributed by atoms with Gasteiger partial charge in [0.25, 0.3) is 5.56 Å². The number of carbonyl (C=O) groups is 2. The SMILES string of the molecule is C=CCn1c(SCC(=O)c2c(C)[nH]c(C(=O)OCC)c2C)nc2cc(Cl)ccc2c1=O. The number of nitrogens with zero attached hydrogens (tertiary/aromatic N) is 2. The fourth-order valence-electron chi connectivity index (χ4n) is 3.35. The predicted molar refractivity (Wildman–Crippen MR) is 122 cm³/mol. The molecule has 162 valence electrons. The first kappa shape index (κ1) is 22.8. The van der Waals surface area contributed by atoms with Crippen LogP contribution in [0.25, 0.3) is 10.9 Å². The van der Waals surface area contributed by atoms with Crippen molar-refractivity contribution in [1.82, 2.24) is 14.5 Å². The molecule has 0 aliphatic rings. The summed E-state index contributed by atoms with van der Waals surface area (Å²) in [6.45, 7) is 9.36. The Kier molecular flexibility index (Phi) is 7.02. The molecule has 0 saturated heterocycles. The van der Waals surface area contributed by atoms with Crippen molar-refractivity contribution < 1.29 is 14.3 Å². The van der Waals surface area contributed by atoms with Crippen LogP contribution in [0.3, 0.4) is 0 Å². The Morgan fingerprint density at radius 1 is 1.35 bits per heavy atom. The Morgan fingerprint density at radius 2 is 2.10 bits per heavy atom. The van der Waals surface area contributed by atoms with Crippen LogP contribution in [0.1, 0.15) is 39.0 Å². The van der Waals surface area contributed by atoms with E-state index in [2.05, 4.69) is 16.5 Å². The largest absolute Gasteiger partial charge is 0.461 e. The van der Waals surface area contributed by atoms with Crippen molar-refractivity contribution in [2.45, 2.75) is 32.5 Å². The highest BCUT2D eigenvalue weighted by molar-refractivity contribution is 7.99. The molecule has 0 saturated carbocycles. The third-order valence-corrected chi connectivity index (χ3v) is 5.93. The lowest BCUT2D eigenvalue weighted by Gasteiger charge is -2.11. The Morgan fingerprint density at radius 3 is 2.77 bits per heavy atom. The topological polar surface area (TPSA) is 94.1 Å². The minimum Gasteiger partial charge on any atom is -0.461 e. The highest BCUT2D eigenvalue weighted by Gasteiger charge is 2.23. The first-order valence-corrected chi connectivity index (χ1v) is 11.0. The number of nitrogens with one attached hydrogen (secondary N) is 1. The lowest BCUT2D eigenvalue weighted by atomic mass is 10.1. The number of ether oxygens (including phenoxy) is 1. The second kappa shape index (κ2) is 9.53. The Hall–Kier alpha value is -2.84. The van der Waals surface area contributed by atoms with Crippen LogP contribution in [-0.2, 0) is 11.3 Å². The highest BCUT2D eigenvalue weighted by atomic mass is 35.5. The van der Waals surface area contributed by atoms with Crippen molar-refractivity contribution in [3.05, 3.63) is 68.7 Å². The summed E-state index contributed by atoms with van der Waals surface area (Å²) < 4.78 is 6.51. The van der Waals surface area contributed by atoms with E-state index in [1.807, 2.05) is 0 Å². The van der Waals surface area contributed by atoms with Gasteiger partial charge >= 0.3 is 5.97 Å². The number of halogens is 1. The van der Waals surface area contributed by atoms with E-state index in [4.69, 9.17) is 16.3 Å². The zero-order valence-electron chi connectivity index (χ0n) is 17.5. The number of benzene rings is 1. The average molecular weight is 460 g/mol. The van der Waals surface area contributed by atoms with Gasteiger partial charge in [-0.3, -0.25) is 14.2 Å². The molecule has 0 atom stereocenters. The van der Waals surface area contributed by atoms with Crippen LogP contribution in [0.15, 0.2) is 40.8 Å². The number of aromatic amines is 1. The molecular formula is C22H22ClN3O4S. The van der Waals surface area contributed by atoms with Crippen molar-refractivity contribution in [2.24, 2.45) is 0 Å². The van der Waals surface area contributed by atoms with E-state index < -0.39 is 5.97 Å². The summed E-state index contributed by atoms with van der Waals surface area (Å²) in [5, 5.41) is 1.31. The van der Waals surface area contributed by atoms with Gasteiger partial charge in [0.05, 0.1) is 23.3 Å². The number of ketones is 1. The quantitative estimate of drug-likeness (QED) is 0.177. The number of aromatic nitrogens is 3. The van der Waals surface area contributed by atoms with Crippen LogP contribution in [0, 0.1) is 13.8 Å². The summed E-state index contributed by atoms with van der Waals surface area (Å²) in [6.07, 6.45) is 1.60. The minimum absolute atomic E-state index is 0.0391. The maximum absolute atomic E-state index is 13.0. The van der Waals surface area contributed by atoms with E-state index in [0.717, 1.165) is 11.8 Å². The molecule has 31 heavy (non-hydrogen) atoms. The predicted octanol–water partition coefficient (Wildman–Crippen LogP) is 4.33. The van der Waals surface area contributed by atoms with Crippen LogP contribution in [0.2, 0.25) is 5.02 Å². The van der Waals surface area contributed by atoms with Crippen molar-refractivity contribution in [2.75, 3.05) is 12.4 Å². The van der Waals surface area contributed by atoms with Crippen molar-refractivity contribution in [1.29, 1.82) is 0 Å². The number of Topliss-reactive ketones (excluding diaryl/α,β-unsaturated/α-hetero) is 1. The van der Waals surface area contributed by atoms with Gasteiger partial charge in [0.1, 0.15) is 5.69 Å². The summed E-state index contributed by atoms with van der Waals surface area (Å²) in [5.41, 5.74) is 2.09. The number of fused-ring (bicyclic) bond motifs is 1. The van der Waals surface area contributed by atoms with Crippen molar-refractivity contribution in [3.63, 3.8) is 0 Å². The lowest BCUT2D eigenvalue weighted by Crippen LogP contribution is -2.23. The molecule has 1 aromatic carbocycles. The summed E-state index contributed by atoms with van der Waals surface area (Å²) >= 11 is 7.20. The van der Waals surface area contributed by atoms with E-state index in [0.29, 0.717) is 37.9 Å². The first-order valence-electron chi connectivity index (χ1n) is 9.61. The van der Waals surface area contributed by atoms with Crippen molar-refractivity contribution in [3.8, 4) is 0 Å². The summed E-state index contributed by atoms with van der Waals surface area (Å²) in [4.78, 5) is 45.5. The number of allylic oxidation sites excluding steroid dienone is 1. The first-order chi connectivity index (χ1) is 14.8. The van der Waals surface area contributed by atoms with Gasteiger partial charge in [0.2, 0.25) is 0 Å². The molecule has 7 nitrogen and oxygen atoms in total. The summed E-state index contributed by atoms with van der Waals surface area (Å²) in [7, 11) is 0. The number of esters is 1. The van der Waals surface area contributed by atoms with E-state index >= 15 is 0 Å². The summed E-state index contributed by atoms with van der Waals surface area (Å²) in [6, 6.07) is 4.89. The molecule has 9 heteroatoms. The van der Waals surface area contributed by atoms with Crippen LogP contribution in [-0.4, -0.2) is 38.6 Å². The van der Waals surface area contributed by atoms with Gasteiger partial charge in [-0.25, -0.2) is 9.78 Å². The molecule has 2 heterocycles. The fourth-order valence-corrected chi connectivity index (χ4v) is 4.40. The molecule has 1 N–H and O–H groups in total. The molecule has 2 aromatic heterocycles. The molecule has 0 spiro atoms. The van der Waals surface area contributed by atoms with Crippen LogP contribution >= 0.6 is 23.4 Å². The Labute approximate surface area is 188 Å². The Bertz CT molecular complexity index is 1250. The second-order valence-corrected chi connectivity index (χ2v) is 8.20. The molecular weight excluding hydrogens is 438 g/mol. The van der Waals surface area contributed by atoms with Crippen LogP contribution in [0.4, 0.5) is 0 Å². The monoisotopic (exact) mass is 459 g/mol. The molecule has 0 fully saturated rings. The number of rotatable bonds is 8. The minimum atomic E-state index is -0.498. The van der Waals surface area contributed by atoms with Gasteiger partial charge in [-0.05, 0) is 44.5 Å². The van der Waals surface area contributed by atoms with E-state index in [-0.39, 0.29) is 35.9 Å². The number of aryl methyl sites for hydroxylation is 1. The standard InChI is InChI=1S/C22H22ClN3O4S/c1-5-9-26-20(28)15-8-7-14(23)10-16(15)25-22(26)31-11-17(27)18-12(3)19(24-13(18)4)21(29)30-6-2/h5,7-8,10,24H,1,6,9,11H2,2-4H3. The molecule has 0 amide bonds. The molecule has 3 aromatic rings. The Balaban J connectivity index is 1.93. The second-order valence-electron chi connectivity index (χ2n) is 6.82. The van der Waals surface area contributed by atoms with E-state index in [9.17, 15) is 14.4 Å². The lowest BCUT2D eigenvalue weighted by molar-refractivity contribution is 0.0519. The molecule has 0 radical (unpaired) electrons. The number of hydrogen-bond donors (Lipinski definition) is 1. The maximum Gasteiger partial charge on any atom is 0.355 e. The maximum atomic E-state index is 13.0. The highest BCUT2D eigenvalue weighted by Crippen LogP contribution is 2.24.